The zero-order valence-electron chi connectivity index (χ0n) is 16.7. The largest absolute Gasteiger partial charge is 0.381 e. The van der Waals surface area contributed by atoms with E-state index in [-0.39, 0.29) is 11.9 Å². The second-order valence-corrected chi connectivity index (χ2v) is 8.12. The molecule has 0 aliphatic carbocycles. The van der Waals surface area contributed by atoms with Crippen LogP contribution in [0.25, 0.3) is 22.3 Å². The van der Waals surface area contributed by atoms with Crippen LogP contribution in [-0.2, 0) is 11.3 Å². The summed E-state index contributed by atoms with van der Waals surface area (Å²) < 4.78 is 27.2. The zero-order chi connectivity index (χ0) is 19.7. The van der Waals surface area contributed by atoms with Gasteiger partial charge in [0.05, 0.1) is 12.1 Å². The molecular weight excluding hydrogens is 375 g/mol. The van der Waals surface area contributed by atoms with Crippen molar-refractivity contribution in [2.45, 2.75) is 46.2 Å². The molecule has 0 bridgehead atoms. The van der Waals surface area contributed by atoms with Crippen LogP contribution in [-0.4, -0.2) is 45.1 Å². The Bertz CT molecular complexity index is 957. The maximum Gasteiger partial charge on any atom is 0.175 e. The van der Waals surface area contributed by atoms with Gasteiger partial charge in [-0.1, -0.05) is 26.0 Å². The molecule has 0 spiro atoms. The minimum Gasteiger partial charge on any atom is -0.381 e. The van der Waals surface area contributed by atoms with Crippen molar-refractivity contribution >= 4 is 22.4 Å². The first kappa shape index (κ1) is 19.5. The molecule has 0 saturated carbocycles. The lowest BCUT2D eigenvalue weighted by Gasteiger charge is -2.26. The van der Waals surface area contributed by atoms with Gasteiger partial charge in [0.1, 0.15) is 10.8 Å². The van der Waals surface area contributed by atoms with Crippen LogP contribution in [0, 0.1) is 12.7 Å². The highest BCUT2D eigenvalue weighted by Gasteiger charge is 2.26. The van der Waals surface area contributed by atoms with E-state index in [1.165, 1.54) is 11.5 Å². The van der Waals surface area contributed by atoms with Gasteiger partial charge in [0.15, 0.2) is 5.82 Å². The average molecular weight is 403 g/mol. The molecule has 5 nitrogen and oxygen atoms in total. The summed E-state index contributed by atoms with van der Waals surface area (Å²) in [5.41, 5.74) is 2.67. The summed E-state index contributed by atoms with van der Waals surface area (Å²) in [5.74, 6) is 0.531. The molecule has 3 heterocycles. The van der Waals surface area contributed by atoms with Gasteiger partial charge in [-0.15, -0.1) is 0 Å². The fourth-order valence-electron chi connectivity index (χ4n) is 4.19. The van der Waals surface area contributed by atoms with Crippen molar-refractivity contribution in [1.82, 2.24) is 18.8 Å². The van der Waals surface area contributed by atoms with Crippen LogP contribution >= 0.6 is 11.5 Å². The van der Waals surface area contributed by atoms with Crippen LogP contribution in [0.2, 0.25) is 0 Å². The summed E-state index contributed by atoms with van der Waals surface area (Å²) in [4.78, 5) is 7.14. The lowest BCUT2D eigenvalue weighted by molar-refractivity contribution is 0.0702. The molecule has 4 rings (SSSR count). The van der Waals surface area contributed by atoms with E-state index >= 15 is 0 Å². The molecule has 1 aromatic carbocycles. The third-order valence-corrected chi connectivity index (χ3v) is 6.42. The van der Waals surface area contributed by atoms with Crippen LogP contribution in [0.5, 0.6) is 0 Å². The van der Waals surface area contributed by atoms with E-state index in [1.54, 1.807) is 12.1 Å². The molecule has 1 fully saturated rings. The van der Waals surface area contributed by atoms with Crippen LogP contribution in [0.4, 0.5) is 4.39 Å². The second kappa shape index (κ2) is 8.27. The van der Waals surface area contributed by atoms with Gasteiger partial charge in [0.25, 0.3) is 0 Å². The number of benzene rings is 1. The van der Waals surface area contributed by atoms with Gasteiger partial charge >= 0.3 is 0 Å². The minimum atomic E-state index is -0.183. The van der Waals surface area contributed by atoms with Gasteiger partial charge < -0.3 is 9.30 Å². The standard InChI is InChI=1S/C21H27FN4OS/c1-4-25(5-2)13-18-23-21(24-28-18)19-14(3)26(15-9-11-27-12-10-15)20-16(19)7-6-8-17(20)22/h6-8,15H,4-5,9-13H2,1-3H3. The Kier molecular flexibility index (Phi) is 5.75. The van der Waals surface area contributed by atoms with Gasteiger partial charge in [-0.3, -0.25) is 4.90 Å². The third-order valence-electron chi connectivity index (χ3n) is 5.72. The first-order chi connectivity index (χ1) is 13.6. The summed E-state index contributed by atoms with van der Waals surface area (Å²) in [6.07, 6.45) is 1.80. The van der Waals surface area contributed by atoms with Gasteiger partial charge in [0, 0.05) is 35.9 Å². The molecule has 7 heteroatoms. The second-order valence-electron chi connectivity index (χ2n) is 7.28. The normalized spacial score (nSPS) is 15.8. The van der Waals surface area contributed by atoms with Gasteiger partial charge in [-0.05, 0) is 50.5 Å². The number of hydrogen-bond donors (Lipinski definition) is 0. The van der Waals surface area contributed by atoms with Gasteiger partial charge in [-0.25, -0.2) is 9.37 Å². The number of para-hydroxylation sites is 1. The maximum atomic E-state index is 14.9. The number of aromatic nitrogens is 3. The van der Waals surface area contributed by atoms with E-state index in [0.29, 0.717) is 11.3 Å². The monoisotopic (exact) mass is 402 g/mol. The minimum absolute atomic E-state index is 0.183. The number of hydrogen-bond acceptors (Lipinski definition) is 5. The molecule has 2 aromatic heterocycles. The van der Waals surface area contributed by atoms with Crippen molar-refractivity contribution in [3.05, 3.63) is 34.7 Å². The van der Waals surface area contributed by atoms with Crippen LogP contribution in [0.1, 0.15) is 43.4 Å². The quantitative estimate of drug-likeness (QED) is 0.594. The molecule has 0 unspecified atom stereocenters. The lowest BCUT2D eigenvalue weighted by Crippen LogP contribution is -2.21. The van der Waals surface area contributed by atoms with E-state index in [0.717, 1.165) is 67.3 Å². The molecule has 0 N–H and O–H groups in total. The molecule has 1 aliphatic rings. The summed E-state index contributed by atoms with van der Waals surface area (Å²) in [6, 6.07) is 5.55. The number of nitrogens with zero attached hydrogens (tertiary/aromatic N) is 4. The molecule has 1 aliphatic heterocycles. The third kappa shape index (κ3) is 3.47. The lowest BCUT2D eigenvalue weighted by atomic mass is 10.1. The molecule has 3 aromatic rings. The Hall–Kier alpha value is -1.83. The predicted molar refractivity (Wildman–Crippen MR) is 111 cm³/mol. The van der Waals surface area contributed by atoms with Crippen LogP contribution in [0.15, 0.2) is 18.2 Å². The van der Waals surface area contributed by atoms with Crippen molar-refractivity contribution in [2.75, 3.05) is 26.3 Å². The summed E-state index contributed by atoms with van der Waals surface area (Å²) in [6.45, 7) is 10.6. The first-order valence-corrected chi connectivity index (χ1v) is 10.8. The first-order valence-electron chi connectivity index (χ1n) is 10.1. The topological polar surface area (TPSA) is 43.2 Å². The fraction of sp³-hybridized carbons (Fsp3) is 0.524. The summed E-state index contributed by atoms with van der Waals surface area (Å²) in [7, 11) is 0. The molecule has 1 saturated heterocycles. The molecule has 28 heavy (non-hydrogen) atoms. The predicted octanol–water partition coefficient (Wildman–Crippen LogP) is 4.80. The molecule has 0 amide bonds. The Balaban J connectivity index is 1.81. The fourth-order valence-corrected chi connectivity index (χ4v) is 4.88. The number of halogens is 1. The highest BCUT2D eigenvalue weighted by atomic mass is 32.1. The SMILES string of the molecule is CCN(CC)Cc1nc(-c2c(C)n(C3CCOCC3)c3c(F)cccc23)ns1. The van der Waals surface area contributed by atoms with Gasteiger partial charge in [0.2, 0.25) is 0 Å². The molecule has 0 radical (unpaired) electrons. The highest BCUT2D eigenvalue weighted by molar-refractivity contribution is 7.05. The summed E-state index contributed by atoms with van der Waals surface area (Å²) >= 11 is 1.44. The van der Waals surface area contributed by atoms with Crippen molar-refractivity contribution in [3.8, 4) is 11.4 Å². The average Bonchev–Trinajstić information content (AvgIpc) is 3.28. The molecular formula is C21H27FN4OS. The number of ether oxygens (including phenoxy) is 1. The maximum absolute atomic E-state index is 14.9. The number of fused-ring (bicyclic) bond motifs is 1. The van der Waals surface area contributed by atoms with E-state index < -0.39 is 0 Å². The van der Waals surface area contributed by atoms with E-state index in [9.17, 15) is 4.39 Å². The number of rotatable bonds is 6. The Morgan fingerprint density at radius 2 is 2.00 bits per heavy atom. The smallest absolute Gasteiger partial charge is 0.175 e. The van der Waals surface area contributed by atoms with E-state index in [1.807, 2.05) is 6.07 Å². The van der Waals surface area contributed by atoms with Crippen molar-refractivity contribution in [2.24, 2.45) is 0 Å². The Morgan fingerprint density at radius 3 is 2.71 bits per heavy atom. The van der Waals surface area contributed by atoms with Gasteiger partial charge in [-0.2, -0.15) is 4.37 Å². The van der Waals surface area contributed by atoms with Crippen LogP contribution < -0.4 is 0 Å². The highest BCUT2D eigenvalue weighted by Crippen LogP contribution is 2.39. The molecule has 0 atom stereocenters. The Morgan fingerprint density at radius 1 is 1.25 bits per heavy atom. The summed E-state index contributed by atoms with van der Waals surface area (Å²) in [5, 5.41) is 1.90. The van der Waals surface area contributed by atoms with E-state index in [2.05, 4.69) is 34.6 Å². The van der Waals surface area contributed by atoms with Crippen molar-refractivity contribution in [1.29, 1.82) is 0 Å². The van der Waals surface area contributed by atoms with Crippen LogP contribution in [0.3, 0.4) is 0 Å². The zero-order valence-corrected chi connectivity index (χ0v) is 17.6. The van der Waals surface area contributed by atoms with Crippen molar-refractivity contribution < 1.29 is 9.13 Å². The van der Waals surface area contributed by atoms with E-state index in [4.69, 9.17) is 9.72 Å². The Labute approximate surface area is 169 Å². The van der Waals surface area contributed by atoms with Crippen molar-refractivity contribution in [3.63, 3.8) is 0 Å². The molecule has 150 valence electrons.